The highest BCUT2D eigenvalue weighted by Gasteiger charge is 2.65. The number of benzene rings is 1. The van der Waals surface area contributed by atoms with Crippen LogP contribution in [0.5, 0.6) is 0 Å². The van der Waals surface area contributed by atoms with E-state index in [1.807, 2.05) is 24.3 Å². The number of amides is 3. The van der Waals surface area contributed by atoms with Crippen LogP contribution in [0.1, 0.15) is 33.3 Å². The highest BCUT2D eigenvalue weighted by molar-refractivity contribution is 6.09. The lowest BCUT2D eigenvalue weighted by Gasteiger charge is -2.53. The molecule has 1 aromatic heterocycles. The first kappa shape index (κ1) is 17.3. The molecule has 7 rings (SSSR count). The highest BCUT2D eigenvalue weighted by atomic mass is 16.2. The van der Waals surface area contributed by atoms with E-state index in [0.29, 0.717) is 5.56 Å². The van der Waals surface area contributed by atoms with Gasteiger partial charge >= 0.3 is 0 Å². The molecule has 4 aliphatic carbocycles. The van der Waals surface area contributed by atoms with E-state index >= 15 is 0 Å². The first-order valence-electron chi connectivity index (χ1n) is 10.2. The summed E-state index contributed by atoms with van der Waals surface area (Å²) in [6.07, 6.45) is 11.4. The molecular weight excluding hydrogens is 378 g/mol. The lowest BCUT2D eigenvalue weighted by Crippen LogP contribution is -2.49. The minimum atomic E-state index is -0.486. The van der Waals surface area contributed by atoms with Crippen molar-refractivity contribution in [3.63, 3.8) is 0 Å². The second kappa shape index (κ2) is 6.23. The number of hydrazine groups is 1. The van der Waals surface area contributed by atoms with Gasteiger partial charge in [0.15, 0.2) is 0 Å². The Bertz CT molecular complexity index is 1080. The Balaban J connectivity index is 1.41. The van der Waals surface area contributed by atoms with E-state index < -0.39 is 17.7 Å². The standard InChI is InChI=1S/C24H19N3O3/c28-22(13-9-11-25-12-10-13)26-27-23(29)20-18-14-5-1-2-6-15(14)19(21(20)24(27)30)17-8-4-3-7-16(17)18/h1-12,14-15,18-21H,(H,26,28)/t14-,15-,18-,19+,20+,21+/m0/s1. The second-order valence-electron chi connectivity index (χ2n) is 8.35. The van der Waals surface area contributed by atoms with E-state index in [2.05, 4.69) is 34.7 Å². The van der Waals surface area contributed by atoms with Crippen LogP contribution in [-0.2, 0) is 9.59 Å². The zero-order chi connectivity index (χ0) is 20.4. The van der Waals surface area contributed by atoms with Crippen molar-refractivity contribution in [2.75, 3.05) is 0 Å². The van der Waals surface area contributed by atoms with Crippen LogP contribution in [0, 0.1) is 23.7 Å². The van der Waals surface area contributed by atoms with Gasteiger partial charge in [0.25, 0.3) is 17.7 Å². The average molecular weight is 397 g/mol. The molecule has 6 heteroatoms. The molecule has 1 aromatic carbocycles. The maximum atomic E-state index is 13.4. The van der Waals surface area contributed by atoms with Gasteiger partial charge in [0.05, 0.1) is 11.8 Å². The van der Waals surface area contributed by atoms with Gasteiger partial charge in [-0.05, 0) is 35.1 Å². The minimum absolute atomic E-state index is 0.0679. The molecule has 1 saturated carbocycles. The number of hydrogen-bond acceptors (Lipinski definition) is 4. The Labute approximate surface area is 173 Å². The van der Waals surface area contributed by atoms with Crippen molar-refractivity contribution in [3.05, 3.63) is 89.8 Å². The molecule has 0 radical (unpaired) electrons. The van der Waals surface area contributed by atoms with Crippen molar-refractivity contribution in [2.24, 2.45) is 23.7 Å². The molecule has 1 saturated heterocycles. The largest absolute Gasteiger partial charge is 0.272 e. The van der Waals surface area contributed by atoms with Crippen LogP contribution < -0.4 is 5.43 Å². The summed E-state index contributed by atoms with van der Waals surface area (Å²) in [5.74, 6) is -1.77. The van der Waals surface area contributed by atoms with E-state index in [0.717, 1.165) is 16.1 Å². The number of carbonyl (C=O) groups excluding carboxylic acids is 3. The molecular formula is C24H19N3O3. The Morgan fingerprint density at radius 3 is 1.87 bits per heavy atom. The predicted molar refractivity (Wildman–Crippen MR) is 108 cm³/mol. The summed E-state index contributed by atoms with van der Waals surface area (Å²) >= 11 is 0. The van der Waals surface area contributed by atoms with E-state index in [-0.39, 0.29) is 35.5 Å². The molecule has 5 aliphatic rings. The van der Waals surface area contributed by atoms with Gasteiger partial charge in [-0.3, -0.25) is 24.8 Å². The Hall–Kier alpha value is -3.54. The summed E-state index contributed by atoms with van der Waals surface area (Å²) in [5, 5.41) is 0.967. The number of imide groups is 1. The molecule has 148 valence electrons. The van der Waals surface area contributed by atoms with E-state index in [9.17, 15) is 14.4 Å². The van der Waals surface area contributed by atoms with E-state index in [4.69, 9.17) is 0 Å². The van der Waals surface area contributed by atoms with Crippen molar-refractivity contribution >= 4 is 17.7 Å². The SMILES string of the molecule is O=C(NN1C(=O)[C@H]2[C@H](C1=O)[C@H]1c3ccccc3[C@@H]2[C@H]2C=CC=C[C@@H]21)c1ccncc1. The first-order valence-corrected chi connectivity index (χ1v) is 10.2. The molecule has 30 heavy (non-hydrogen) atoms. The molecule has 1 aliphatic heterocycles. The lowest BCUT2D eigenvalue weighted by atomic mass is 9.48. The number of pyridine rings is 1. The fourth-order valence-corrected chi connectivity index (χ4v) is 6.01. The van der Waals surface area contributed by atoms with Crippen molar-refractivity contribution in [2.45, 2.75) is 11.8 Å². The maximum absolute atomic E-state index is 13.4. The fraction of sp³-hybridized carbons (Fsp3) is 0.250. The quantitative estimate of drug-likeness (QED) is 0.790. The van der Waals surface area contributed by atoms with Gasteiger partial charge in [0, 0.05) is 29.8 Å². The van der Waals surface area contributed by atoms with Crippen molar-refractivity contribution < 1.29 is 14.4 Å². The van der Waals surface area contributed by atoms with Crippen LogP contribution in [0.3, 0.4) is 0 Å². The molecule has 0 spiro atoms. The summed E-state index contributed by atoms with van der Waals surface area (Å²) in [7, 11) is 0. The Kier molecular flexibility index (Phi) is 3.60. The number of allylic oxidation sites excluding steroid dienone is 4. The number of nitrogens with one attached hydrogen (secondary N) is 1. The maximum Gasteiger partial charge on any atom is 0.270 e. The molecule has 2 fully saturated rings. The summed E-state index contributed by atoms with van der Waals surface area (Å²) in [6.45, 7) is 0. The summed E-state index contributed by atoms with van der Waals surface area (Å²) in [6, 6.07) is 11.3. The topological polar surface area (TPSA) is 79.4 Å². The number of rotatable bonds is 2. The average Bonchev–Trinajstić information content (AvgIpc) is 3.05. The van der Waals surface area contributed by atoms with Crippen LogP contribution >= 0.6 is 0 Å². The third kappa shape index (κ3) is 2.19. The van der Waals surface area contributed by atoms with Gasteiger partial charge in [0.1, 0.15) is 0 Å². The Morgan fingerprint density at radius 1 is 0.800 bits per heavy atom. The van der Waals surface area contributed by atoms with Crippen LogP contribution in [0.25, 0.3) is 0 Å². The van der Waals surface area contributed by atoms with Gasteiger partial charge in [0.2, 0.25) is 0 Å². The Morgan fingerprint density at radius 2 is 1.33 bits per heavy atom. The molecule has 3 amide bonds. The zero-order valence-corrected chi connectivity index (χ0v) is 16.0. The monoisotopic (exact) mass is 397 g/mol. The lowest BCUT2D eigenvalue weighted by molar-refractivity contribution is -0.142. The number of carbonyl (C=O) groups is 3. The van der Waals surface area contributed by atoms with Gasteiger partial charge < -0.3 is 0 Å². The fourth-order valence-electron chi connectivity index (χ4n) is 6.01. The van der Waals surface area contributed by atoms with Crippen LogP contribution in [0.2, 0.25) is 0 Å². The zero-order valence-electron chi connectivity index (χ0n) is 16.0. The molecule has 1 N–H and O–H groups in total. The minimum Gasteiger partial charge on any atom is -0.272 e. The second-order valence-corrected chi connectivity index (χ2v) is 8.35. The van der Waals surface area contributed by atoms with Gasteiger partial charge in [-0.2, -0.15) is 5.01 Å². The molecule has 6 atom stereocenters. The molecule has 2 heterocycles. The van der Waals surface area contributed by atoms with Crippen molar-refractivity contribution in [1.82, 2.24) is 15.4 Å². The smallest absolute Gasteiger partial charge is 0.270 e. The summed E-state index contributed by atoms with van der Waals surface area (Å²) < 4.78 is 0. The van der Waals surface area contributed by atoms with E-state index in [1.165, 1.54) is 12.4 Å². The predicted octanol–water partition coefficient (Wildman–Crippen LogP) is 2.58. The van der Waals surface area contributed by atoms with Crippen LogP contribution in [0.15, 0.2) is 73.1 Å². The number of aromatic nitrogens is 1. The molecule has 0 unspecified atom stereocenters. The third-order valence-corrected chi connectivity index (χ3v) is 7.09. The van der Waals surface area contributed by atoms with Crippen LogP contribution in [0.4, 0.5) is 0 Å². The summed E-state index contributed by atoms with van der Waals surface area (Å²) in [5.41, 5.74) is 5.23. The first-order chi connectivity index (χ1) is 14.7. The van der Waals surface area contributed by atoms with Crippen molar-refractivity contribution in [1.29, 1.82) is 0 Å². The van der Waals surface area contributed by atoms with E-state index in [1.54, 1.807) is 12.1 Å². The van der Waals surface area contributed by atoms with Gasteiger partial charge in [-0.1, -0.05) is 48.6 Å². The number of hydrogen-bond donors (Lipinski definition) is 1. The molecule has 2 aromatic rings. The third-order valence-electron chi connectivity index (χ3n) is 7.09. The summed E-state index contributed by atoms with van der Waals surface area (Å²) in [4.78, 5) is 43.4. The normalized spacial score (nSPS) is 32.6. The van der Waals surface area contributed by atoms with Crippen molar-refractivity contribution in [3.8, 4) is 0 Å². The van der Waals surface area contributed by atoms with Crippen LogP contribution in [-0.4, -0.2) is 27.7 Å². The molecule has 6 nitrogen and oxygen atoms in total. The van der Waals surface area contributed by atoms with Gasteiger partial charge in [-0.25, -0.2) is 0 Å². The molecule has 2 bridgehead atoms. The van der Waals surface area contributed by atoms with Gasteiger partial charge in [-0.15, -0.1) is 0 Å². The highest BCUT2D eigenvalue weighted by Crippen LogP contribution is 2.64. The number of nitrogens with zero attached hydrogens (tertiary/aromatic N) is 2.